The van der Waals surface area contributed by atoms with Gasteiger partial charge in [-0.2, -0.15) is 0 Å². The number of para-hydroxylation sites is 1. The molecular formula is C14H20N2O2. The minimum absolute atomic E-state index is 0.146. The number of hydrogen-bond acceptors (Lipinski definition) is 3. The van der Waals surface area contributed by atoms with Crippen LogP contribution in [-0.4, -0.2) is 18.6 Å². The van der Waals surface area contributed by atoms with Gasteiger partial charge in [-0.15, -0.1) is 0 Å². The fourth-order valence-corrected chi connectivity index (χ4v) is 1.63. The van der Waals surface area contributed by atoms with E-state index in [-0.39, 0.29) is 5.91 Å². The molecule has 1 amide bonds. The molecule has 1 aliphatic carbocycles. The van der Waals surface area contributed by atoms with Crippen LogP contribution in [0.25, 0.3) is 0 Å². The van der Waals surface area contributed by atoms with Gasteiger partial charge in [-0.25, -0.2) is 0 Å². The van der Waals surface area contributed by atoms with E-state index in [2.05, 4.69) is 5.32 Å². The number of carbonyl (C=O) groups is 1. The zero-order valence-corrected chi connectivity index (χ0v) is 10.7. The summed E-state index contributed by atoms with van der Waals surface area (Å²) >= 11 is 0. The molecule has 0 heterocycles. The van der Waals surface area contributed by atoms with Gasteiger partial charge in [-0.3, -0.25) is 4.79 Å². The molecule has 1 aromatic carbocycles. The zero-order chi connectivity index (χ0) is 13.0. The van der Waals surface area contributed by atoms with E-state index in [0.29, 0.717) is 6.54 Å². The van der Waals surface area contributed by atoms with Crippen LogP contribution >= 0.6 is 0 Å². The largest absolute Gasteiger partial charge is 0.493 e. The summed E-state index contributed by atoms with van der Waals surface area (Å²) in [6.07, 6.45) is 2.53. The number of nitrogens with one attached hydrogen (secondary N) is 1. The summed E-state index contributed by atoms with van der Waals surface area (Å²) in [5, 5.41) is 2.80. The summed E-state index contributed by atoms with van der Waals surface area (Å²) in [6.45, 7) is 2.91. The van der Waals surface area contributed by atoms with E-state index in [9.17, 15) is 4.79 Å². The van der Waals surface area contributed by atoms with Crippen LogP contribution in [0.3, 0.4) is 0 Å². The first-order valence-corrected chi connectivity index (χ1v) is 6.41. The minimum Gasteiger partial charge on any atom is -0.493 e. The maximum atomic E-state index is 11.4. The average Bonchev–Trinajstić information content (AvgIpc) is 3.18. The fraction of sp³-hybridized carbons (Fsp3) is 0.500. The van der Waals surface area contributed by atoms with Crippen molar-refractivity contribution >= 4 is 5.91 Å². The van der Waals surface area contributed by atoms with Crippen LogP contribution in [0.5, 0.6) is 5.75 Å². The standard InChI is InChI=1S/C14H20N2O2/c1-10(15)14(17)16-8-12-4-2-3-5-13(12)18-9-11-6-7-11/h2-5,10-11H,6-9,15H2,1H3,(H,16,17)/t10-/m0/s1. The van der Waals surface area contributed by atoms with Crippen LogP contribution < -0.4 is 15.8 Å². The highest BCUT2D eigenvalue weighted by Crippen LogP contribution is 2.30. The van der Waals surface area contributed by atoms with E-state index in [0.717, 1.165) is 23.8 Å². The molecule has 4 heteroatoms. The Morgan fingerprint density at radius 2 is 2.22 bits per heavy atom. The lowest BCUT2D eigenvalue weighted by Gasteiger charge is -2.12. The van der Waals surface area contributed by atoms with Crippen molar-refractivity contribution in [3.05, 3.63) is 29.8 Å². The van der Waals surface area contributed by atoms with E-state index in [1.54, 1.807) is 6.92 Å². The molecule has 4 nitrogen and oxygen atoms in total. The Labute approximate surface area is 108 Å². The SMILES string of the molecule is C[C@H](N)C(=O)NCc1ccccc1OCC1CC1. The van der Waals surface area contributed by atoms with Gasteiger partial charge in [0.2, 0.25) is 5.91 Å². The Morgan fingerprint density at radius 1 is 1.50 bits per heavy atom. The maximum absolute atomic E-state index is 11.4. The maximum Gasteiger partial charge on any atom is 0.236 e. The highest BCUT2D eigenvalue weighted by molar-refractivity contribution is 5.80. The minimum atomic E-state index is -0.482. The molecule has 2 rings (SSSR count). The Morgan fingerprint density at radius 3 is 2.89 bits per heavy atom. The number of ether oxygens (including phenoxy) is 1. The van der Waals surface area contributed by atoms with Crippen LogP contribution in [-0.2, 0) is 11.3 Å². The highest BCUT2D eigenvalue weighted by atomic mass is 16.5. The lowest BCUT2D eigenvalue weighted by molar-refractivity contribution is -0.122. The predicted molar refractivity (Wildman–Crippen MR) is 70.2 cm³/mol. The van der Waals surface area contributed by atoms with Crippen molar-refractivity contribution in [3.8, 4) is 5.75 Å². The van der Waals surface area contributed by atoms with Gasteiger partial charge >= 0.3 is 0 Å². The normalized spacial score (nSPS) is 16.1. The van der Waals surface area contributed by atoms with Crippen molar-refractivity contribution in [1.29, 1.82) is 0 Å². The molecule has 1 aromatic rings. The summed E-state index contributed by atoms with van der Waals surface area (Å²) in [5.74, 6) is 1.43. The third-order valence-electron chi connectivity index (χ3n) is 3.01. The first kappa shape index (κ1) is 12.9. The lowest BCUT2D eigenvalue weighted by Crippen LogP contribution is -2.37. The van der Waals surface area contributed by atoms with Crippen molar-refractivity contribution < 1.29 is 9.53 Å². The van der Waals surface area contributed by atoms with E-state index < -0.39 is 6.04 Å². The average molecular weight is 248 g/mol. The van der Waals surface area contributed by atoms with Crippen molar-refractivity contribution in [3.63, 3.8) is 0 Å². The van der Waals surface area contributed by atoms with Gasteiger partial charge in [0.05, 0.1) is 12.6 Å². The molecule has 0 unspecified atom stereocenters. The Kier molecular flexibility index (Phi) is 4.20. The molecule has 1 fully saturated rings. The third-order valence-corrected chi connectivity index (χ3v) is 3.01. The van der Waals surface area contributed by atoms with Crippen molar-refractivity contribution in [2.75, 3.05) is 6.61 Å². The number of carbonyl (C=O) groups excluding carboxylic acids is 1. The molecule has 0 radical (unpaired) electrons. The van der Waals surface area contributed by atoms with Gasteiger partial charge in [0.1, 0.15) is 5.75 Å². The van der Waals surface area contributed by atoms with Crippen LogP contribution in [0.15, 0.2) is 24.3 Å². The summed E-state index contributed by atoms with van der Waals surface area (Å²) in [5.41, 5.74) is 6.49. The molecule has 0 aromatic heterocycles. The molecular weight excluding hydrogens is 228 g/mol. The smallest absolute Gasteiger partial charge is 0.236 e. The number of benzene rings is 1. The zero-order valence-electron chi connectivity index (χ0n) is 10.7. The van der Waals surface area contributed by atoms with Crippen molar-refractivity contribution in [2.24, 2.45) is 11.7 Å². The van der Waals surface area contributed by atoms with Crippen LogP contribution in [0, 0.1) is 5.92 Å². The summed E-state index contributed by atoms with van der Waals surface area (Å²) < 4.78 is 5.77. The summed E-state index contributed by atoms with van der Waals surface area (Å²) in [6, 6.07) is 7.31. The molecule has 1 atom stereocenters. The third kappa shape index (κ3) is 3.74. The second kappa shape index (κ2) is 5.87. The van der Waals surface area contributed by atoms with Gasteiger partial charge in [-0.1, -0.05) is 18.2 Å². The first-order chi connectivity index (χ1) is 8.66. The first-order valence-electron chi connectivity index (χ1n) is 6.41. The Hall–Kier alpha value is -1.55. The van der Waals surface area contributed by atoms with Gasteiger partial charge in [-0.05, 0) is 31.7 Å². The van der Waals surface area contributed by atoms with Crippen LogP contribution in [0.1, 0.15) is 25.3 Å². The molecule has 0 spiro atoms. The number of amides is 1. The van der Waals surface area contributed by atoms with Crippen LogP contribution in [0.4, 0.5) is 0 Å². The van der Waals surface area contributed by atoms with Crippen molar-refractivity contribution in [1.82, 2.24) is 5.32 Å². The molecule has 18 heavy (non-hydrogen) atoms. The number of hydrogen-bond donors (Lipinski definition) is 2. The predicted octanol–water partition coefficient (Wildman–Crippen LogP) is 1.44. The second-order valence-corrected chi connectivity index (χ2v) is 4.87. The van der Waals surface area contributed by atoms with E-state index in [1.165, 1.54) is 12.8 Å². The van der Waals surface area contributed by atoms with Crippen molar-refractivity contribution in [2.45, 2.75) is 32.4 Å². The molecule has 98 valence electrons. The van der Waals surface area contributed by atoms with Gasteiger partial charge < -0.3 is 15.8 Å². The van der Waals surface area contributed by atoms with Gasteiger partial charge in [0.15, 0.2) is 0 Å². The molecule has 1 saturated carbocycles. The Bertz CT molecular complexity index is 414. The van der Waals surface area contributed by atoms with E-state index >= 15 is 0 Å². The molecule has 3 N–H and O–H groups in total. The molecule has 1 aliphatic rings. The van der Waals surface area contributed by atoms with Gasteiger partial charge in [0.25, 0.3) is 0 Å². The quantitative estimate of drug-likeness (QED) is 0.800. The fourth-order valence-electron chi connectivity index (χ4n) is 1.63. The summed E-state index contributed by atoms with van der Waals surface area (Å²) in [4.78, 5) is 11.4. The van der Waals surface area contributed by atoms with Crippen LogP contribution in [0.2, 0.25) is 0 Å². The van der Waals surface area contributed by atoms with E-state index in [1.807, 2.05) is 24.3 Å². The highest BCUT2D eigenvalue weighted by Gasteiger charge is 2.22. The van der Waals surface area contributed by atoms with E-state index in [4.69, 9.17) is 10.5 Å². The molecule has 0 bridgehead atoms. The monoisotopic (exact) mass is 248 g/mol. The number of rotatable bonds is 6. The van der Waals surface area contributed by atoms with Gasteiger partial charge in [0, 0.05) is 12.1 Å². The topological polar surface area (TPSA) is 64.4 Å². The lowest BCUT2D eigenvalue weighted by atomic mass is 10.2. The molecule has 0 saturated heterocycles. The molecule has 0 aliphatic heterocycles. The summed E-state index contributed by atoms with van der Waals surface area (Å²) in [7, 11) is 0. The second-order valence-electron chi connectivity index (χ2n) is 4.87. The Balaban J connectivity index is 1.91. The number of nitrogens with two attached hydrogens (primary N) is 1.